The highest BCUT2D eigenvalue weighted by atomic mass is 16.5. The summed E-state index contributed by atoms with van der Waals surface area (Å²) in [6.07, 6.45) is 11.8. The van der Waals surface area contributed by atoms with Crippen LogP contribution in [0.2, 0.25) is 0 Å². The first-order valence-corrected chi connectivity index (χ1v) is 10.0. The fourth-order valence-corrected chi connectivity index (χ4v) is 3.58. The first-order chi connectivity index (χ1) is 13.0. The monoisotopic (exact) mass is 384 g/mol. The predicted octanol–water partition coefficient (Wildman–Crippen LogP) is 2.67. The van der Waals surface area contributed by atoms with Crippen molar-refractivity contribution in [3.8, 4) is 0 Å². The smallest absolute Gasteiger partial charge is 0.303 e. The number of carbonyl (C=O) groups is 1. The third-order valence-electron chi connectivity index (χ3n) is 5.16. The van der Waals surface area contributed by atoms with Crippen molar-refractivity contribution in [2.24, 2.45) is 11.8 Å². The Labute approximate surface area is 162 Å². The number of hydrogen-bond donors (Lipinski definition) is 4. The minimum atomic E-state index is -0.791. The maximum Gasteiger partial charge on any atom is 0.303 e. The Morgan fingerprint density at radius 3 is 2.63 bits per heavy atom. The summed E-state index contributed by atoms with van der Waals surface area (Å²) in [5, 5.41) is 39.2. The predicted molar refractivity (Wildman–Crippen MR) is 104 cm³/mol. The SMILES string of the molecule is COCCCCCC(O)/C=C/[C@@H]1[C@@H](C/C=C\CCCC(=O)O)[C@@H](O)C[C@H]1O. The lowest BCUT2D eigenvalue weighted by molar-refractivity contribution is -0.137. The van der Waals surface area contributed by atoms with E-state index in [1.165, 1.54) is 0 Å². The fraction of sp³-hybridized carbons (Fsp3) is 0.762. The number of unbranched alkanes of at least 4 members (excludes halogenated alkanes) is 3. The van der Waals surface area contributed by atoms with Crippen molar-refractivity contribution in [3.63, 3.8) is 0 Å². The number of aliphatic carboxylic acids is 1. The van der Waals surface area contributed by atoms with Crippen molar-refractivity contribution >= 4 is 5.97 Å². The third-order valence-corrected chi connectivity index (χ3v) is 5.16. The van der Waals surface area contributed by atoms with E-state index >= 15 is 0 Å². The zero-order valence-electron chi connectivity index (χ0n) is 16.4. The molecule has 0 amide bonds. The Morgan fingerprint density at radius 2 is 1.93 bits per heavy atom. The summed E-state index contributed by atoms with van der Waals surface area (Å²) in [4.78, 5) is 10.5. The van der Waals surface area contributed by atoms with Crippen LogP contribution >= 0.6 is 0 Å². The second kappa shape index (κ2) is 13.9. The highest BCUT2D eigenvalue weighted by Gasteiger charge is 2.39. The van der Waals surface area contributed by atoms with E-state index < -0.39 is 24.3 Å². The van der Waals surface area contributed by atoms with Gasteiger partial charge in [-0.1, -0.05) is 37.1 Å². The molecule has 1 unspecified atom stereocenters. The number of methoxy groups -OCH3 is 1. The lowest BCUT2D eigenvalue weighted by Gasteiger charge is -2.19. The molecule has 1 fully saturated rings. The van der Waals surface area contributed by atoms with Gasteiger partial charge in [0.15, 0.2) is 0 Å². The molecule has 0 aromatic carbocycles. The van der Waals surface area contributed by atoms with Gasteiger partial charge in [0, 0.05) is 32.5 Å². The van der Waals surface area contributed by atoms with E-state index in [4.69, 9.17) is 9.84 Å². The molecule has 4 N–H and O–H groups in total. The molecule has 1 aliphatic rings. The Morgan fingerprint density at radius 1 is 1.15 bits per heavy atom. The van der Waals surface area contributed by atoms with E-state index in [9.17, 15) is 20.1 Å². The molecule has 6 nitrogen and oxygen atoms in total. The average molecular weight is 385 g/mol. The van der Waals surface area contributed by atoms with Gasteiger partial charge in [-0.15, -0.1) is 0 Å². The van der Waals surface area contributed by atoms with Gasteiger partial charge in [-0.05, 0) is 38.0 Å². The molecule has 5 atom stereocenters. The lowest BCUT2D eigenvalue weighted by atomic mass is 9.89. The molecule has 0 saturated heterocycles. The van der Waals surface area contributed by atoms with Gasteiger partial charge in [-0.2, -0.15) is 0 Å². The number of aliphatic hydroxyl groups is 3. The normalized spacial score (nSPS) is 27.0. The van der Waals surface area contributed by atoms with Gasteiger partial charge in [0.1, 0.15) is 0 Å². The minimum absolute atomic E-state index is 0.0825. The second-order valence-corrected chi connectivity index (χ2v) is 7.40. The van der Waals surface area contributed by atoms with Crippen molar-refractivity contribution in [2.75, 3.05) is 13.7 Å². The first kappa shape index (κ1) is 23.8. The van der Waals surface area contributed by atoms with Crippen molar-refractivity contribution in [1.29, 1.82) is 0 Å². The average Bonchev–Trinajstić information content (AvgIpc) is 2.88. The molecule has 0 bridgehead atoms. The number of hydrogen-bond acceptors (Lipinski definition) is 5. The molecule has 0 aromatic rings. The summed E-state index contributed by atoms with van der Waals surface area (Å²) in [6, 6.07) is 0. The van der Waals surface area contributed by atoms with E-state index in [-0.39, 0.29) is 18.3 Å². The van der Waals surface area contributed by atoms with Crippen molar-refractivity contribution in [1.82, 2.24) is 0 Å². The Balaban J connectivity index is 2.41. The van der Waals surface area contributed by atoms with Gasteiger partial charge in [-0.3, -0.25) is 4.79 Å². The number of rotatable bonds is 14. The fourth-order valence-electron chi connectivity index (χ4n) is 3.58. The molecular weight excluding hydrogens is 348 g/mol. The van der Waals surface area contributed by atoms with Crippen LogP contribution in [0.3, 0.4) is 0 Å². The molecule has 6 heteroatoms. The summed E-state index contributed by atoms with van der Waals surface area (Å²) in [5.41, 5.74) is 0. The molecule has 27 heavy (non-hydrogen) atoms. The van der Waals surface area contributed by atoms with Gasteiger partial charge in [-0.25, -0.2) is 0 Å². The van der Waals surface area contributed by atoms with E-state index in [0.29, 0.717) is 32.1 Å². The highest BCUT2D eigenvalue weighted by Crippen LogP contribution is 2.36. The van der Waals surface area contributed by atoms with Crippen LogP contribution in [0.4, 0.5) is 0 Å². The van der Waals surface area contributed by atoms with Crippen molar-refractivity contribution in [3.05, 3.63) is 24.3 Å². The zero-order valence-corrected chi connectivity index (χ0v) is 16.4. The van der Waals surface area contributed by atoms with E-state index in [0.717, 1.165) is 25.9 Å². The zero-order chi connectivity index (χ0) is 20.1. The molecule has 156 valence electrons. The topological polar surface area (TPSA) is 107 Å². The Bertz CT molecular complexity index is 462. The maximum absolute atomic E-state index is 10.5. The highest BCUT2D eigenvalue weighted by molar-refractivity contribution is 5.66. The molecule has 0 heterocycles. The number of carboxylic acid groups (broad SMARTS) is 1. The van der Waals surface area contributed by atoms with Crippen LogP contribution < -0.4 is 0 Å². The molecule has 1 saturated carbocycles. The molecule has 0 aromatic heterocycles. The summed E-state index contributed by atoms with van der Waals surface area (Å²) in [7, 11) is 1.68. The van der Waals surface area contributed by atoms with Gasteiger partial charge in [0.25, 0.3) is 0 Å². The van der Waals surface area contributed by atoms with Crippen LogP contribution in [-0.4, -0.2) is 58.4 Å². The number of aliphatic hydroxyl groups excluding tert-OH is 3. The summed E-state index contributed by atoms with van der Waals surface area (Å²) in [6.45, 7) is 0.740. The van der Waals surface area contributed by atoms with Crippen LogP contribution in [0.25, 0.3) is 0 Å². The van der Waals surface area contributed by atoms with Gasteiger partial charge in [0.2, 0.25) is 0 Å². The van der Waals surface area contributed by atoms with Crippen LogP contribution in [-0.2, 0) is 9.53 Å². The molecular formula is C21H36O6. The summed E-state index contributed by atoms with van der Waals surface area (Å²) in [5.74, 6) is -1.05. The third kappa shape index (κ3) is 10.1. The summed E-state index contributed by atoms with van der Waals surface area (Å²) >= 11 is 0. The van der Waals surface area contributed by atoms with Crippen LogP contribution in [0.5, 0.6) is 0 Å². The van der Waals surface area contributed by atoms with Gasteiger partial charge < -0.3 is 25.2 Å². The van der Waals surface area contributed by atoms with Crippen LogP contribution in [0.1, 0.15) is 57.8 Å². The Hall–Kier alpha value is -1.21. The van der Waals surface area contributed by atoms with E-state index in [1.807, 2.05) is 18.2 Å². The van der Waals surface area contributed by atoms with E-state index in [2.05, 4.69) is 0 Å². The van der Waals surface area contributed by atoms with Gasteiger partial charge in [0.05, 0.1) is 18.3 Å². The first-order valence-electron chi connectivity index (χ1n) is 10.0. The van der Waals surface area contributed by atoms with Crippen LogP contribution in [0, 0.1) is 11.8 Å². The van der Waals surface area contributed by atoms with Crippen molar-refractivity contribution < 1.29 is 30.0 Å². The maximum atomic E-state index is 10.5. The summed E-state index contributed by atoms with van der Waals surface area (Å²) < 4.78 is 5.00. The largest absolute Gasteiger partial charge is 0.481 e. The number of carboxylic acids is 1. The molecule has 0 radical (unpaired) electrons. The van der Waals surface area contributed by atoms with Crippen LogP contribution in [0.15, 0.2) is 24.3 Å². The Kier molecular flexibility index (Phi) is 12.3. The van der Waals surface area contributed by atoms with Crippen molar-refractivity contribution in [2.45, 2.75) is 76.1 Å². The molecule has 0 spiro atoms. The molecule has 1 aliphatic carbocycles. The lowest BCUT2D eigenvalue weighted by Crippen LogP contribution is -2.20. The molecule has 1 rings (SSSR count). The second-order valence-electron chi connectivity index (χ2n) is 7.40. The van der Waals surface area contributed by atoms with E-state index in [1.54, 1.807) is 13.2 Å². The number of ether oxygens (including phenoxy) is 1. The standard InChI is InChI=1S/C21H36O6/c1-27-14-8-4-5-9-16(22)12-13-18-17(19(23)15-20(18)24)10-6-2-3-7-11-21(25)26/h2,6,12-13,16-20,22-24H,3-5,7-11,14-15H2,1H3,(H,25,26)/b6-2-,13-12+/t16?,17-,18-,19+,20-/m1/s1. The quantitative estimate of drug-likeness (QED) is 0.271. The number of allylic oxidation sites excluding steroid dienone is 2. The minimum Gasteiger partial charge on any atom is -0.481 e. The van der Waals surface area contributed by atoms with Gasteiger partial charge >= 0.3 is 5.97 Å². The molecule has 0 aliphatic heterocycles.